The van der Waals surface area contributed by atoms with Crippen molar-refractivity contribution in [2.45, 2.75) is 56.8 Å². The van der Waals surface area contributed by atoms with Gasteiger partial charge in [0.25, 0.3) is 0 Å². The van der Waals surface area contributed by atoms with Crippen molar-refractivity contribution in [1.82, 2.24) is 4.90 Å². The van der Waals surface area contributed by atoms with Crippen molar-refractivity contribution in [2.75, 3.05) is 20.1 Å². The van der Waals surface area contributed by atoms with E-state index in [0.29, 0.717) is 13.0 Å². The van der Waals surface area contributed by atoms with Crippen LogP contribution in [0.2, 0.25) is 0 Å². The van der Waals surface area contributed by atoms with Gasteiger partial charge in [0, 0.05) is 19.7 Å². The predicted molar refractivity (Wildman–Crippen MR) is 86.0 cm³/mol. The second kappa shape index (κ2) is 5.01. The number of likely N-dealkylation sites (tertiary alicyclic amines) is 1. The molecule has 1 heterocycles. The van der Waals surface area contributed by atoms with Crippen LogP contribution in [0.1, 0.15) is 61.0 Å². The maximum Gasteiger partial charge on any atom is 0.119 e. The minimum atomic E-state index is -2.88. The summed E-state index contributed by atoms with van der Waals surface area (Å²) in [5.41, 5.74) is 2.04. The number of piperidine rings is 1. The highest BCUT2D eigenvalue weighted by atomic mass is 16.5. The molecule has 1 aromatic rings. The average Bonchev–Trinajstić information content (AvgIpc) is 2.60. The Bertz CT molecular complexity index is 789. The Hall–Kier alpha value is -1.02. The summed E-state index contributed by atoms with van der Waals surface area (Å²) in [6.07, 6.45) is 5.52. The number of ether oxygens (including phenoxy) is 1. The first-order valence-electron chi connectivity index (χ1n) is 11.9. The average molecular weight is 293 g/mol. The van der Waals surface area contributed by atoms with Gasteiger partial charge >= 0.3 is 0 Å². The van der Waals surface area contributed by atoms with Gasteiger partial charge in [-0.3, -0.25) is 0 Å². The summed E-state index contributed by atoms with van der Waals surface area (Å²) in [6.45, 7) is -7.25. The third-order valence-electron chi connectivity index (χ3n) is 5.98. The summed E-state index contributed by atoms with van der Waals surface area (Å²) < 4.78 is 66.9. The summed E-state index contributed by atoms with van der Waals surface area (Å²) >= 11 is 0. The van der Waals surface area contributed by atoms with Gasteiger partial charge in [-0.2, -0.15) is 0 Å². The Morgan fingerprint density at radius 3 is 3.33 bits per heavy atom. The maximum atomic E-state index is 7.97. The minimum Gasteiger partial charge on any atom is -0.494 e. The molecule has 2 bridgehead atoms. The van der Waals surface area contributed by atoms with Crippen molar-refractivity contribution in [1.29, 1.82) is 0 Å². The molecule has 1 saturated carbocycles. The molecule has 0 radical (unpaired) electrons. The Balaban J connectivity index is 1.74. The highest BCUT2D eigenvalue weighted by Gasteiger charge is 2.53. The van der Waals surface area contributed by atoms with E-state index in [2.05, 4.69) is 0 Å². The molecule has 3 atom stereocenters. The second-order valence-electron chi connectivity index (χ2n) is 6.75. The standard InChI is InChI=1S/C19H27NO/c1-3-21-15-8-7-14-12-18-16-6-4-5-9-19(16,17(14)13-15)10-11-20(18)2/h7-8,13,16,18H,3-6,9-12H2,1-2H3/t16-,18+,19+/m1/s1/i1D3,2D3,3D2. The lowest BCUT2D eigenvalue weighted by Gasteiger charge is -2.58. The van der Waals surface area contributed by atoms with Crippen molar-refractivity contribution in [3.63, 3.8) is 0 Å². The second-order valence-corrected chi connectivity index (χ2v) is 6.75. The lowest BCUT2D eigenvalue weighted by Crippen LogP contribution is -2.59. The first kappa shape index (κ1) is 7.50. The van der Waals surface area contributed by atoms with E-state index in [-0.39, 0.29) is 23.1 Å². The molecule has 2 heteroatoms. The molecule has 21 heavy (non-hydrogen) atoms. The van der Waals surface area contributed by atoms with Crippen LogP contribution < -0.4 is 4.74 Å². The predicted octanol–water partition coefficient (Wildman–Crippen LogP) is 3.77. The number of hydrogen-bond acceptors (Lipinski definition) is 2. The molecule has 0 spiro atoms. The molecule has 0 aromatic heterocycles. The van der Waals surface area contributed by atoms with Crippen LogP contribution in [-0.4, -0.2) is 31.0 Å². The molecule has 2 aliphatic carbocycles. The fraction of sp³-hybridized carbons (Fsp3) is 0.684. The SMILES string of the molecule is [2H]C([2H])([2H])N1CC[C@@]23CCCC[C@@H]2[C@@H]1Cc1ccc(OC([2H])([2H])C([2H])([2H])[2H])cc13. The van der Waals surface area contributed by atoms with E-state index in [9.17, 15) is 0 Å². The fourth-order valence-corrected chi connectivity index (χ4v) is 5.11. The zero-order valence-corrected chi connectivity index (χ0v) is 12.2. The first-order chi connectivity index (χ1) is 13.4. The van der Waals surface area contributed by atoms with Crippen molar-refractivity contribution >= 4 is 0 Å². The molecule has 0 unspecified atom stereocenters. The number of hydrogen-bond donors (Lipinski definition) is 0. The first-order valence-corrected chi connectivity index (χ1v) is 7.94. The molecule has 4 rings (SSSR count). The van der Waals surface area contributed by atoms with Crippen LogP contribution in [0.25, 0.3) is 0 Å². The maximum absolute atomic E-state index is 7.97. The van der Waals surface area contributed by atoms with E-state index in [1.54, 1.807) is 11.0 Å². The van der Waals surface area contributed by atoms with E-state index in [1.165, 1.54) is 0 Å². The number of rotatable bonds is 2. The van der Waals surface area contributed by atoms with E-state index in [4.69, 9.17) is 15.7 Å². The molecule has 0 N–H and O–H groups in total. The van der Waals surface area contributed by atoms with Crippen LogP contribution in [-0.2, 0) is 11.8 Å². The van der Waals surface area contributed by atoms with Crippen molar-refractivity contribution in [3.05, 3.63) is 29.3 Å². The Morgan fingerprint density at radius 2 is 2.43 bits per heavy atom. The van der Waals surface area contributed by atoms with Crippen LogP contribution >= 0.6 is 0 Å². The largest absolute Gasteiger partial charge is 0.494 e. The van der Waals surface area contributed by atoms with Crippen LogP contribution in [0.3, 0.4) is 0 Å². The molecule has 2 fully saturated rings. The van der Waals surface area contributed by atoms with Gasteiger partial charge in [-0.05, 0) is 75.2 Å². The molecule has 114 valence electrons. The lowest BCUT2D eigenvalue weighted by atomic mass is 9.52. The van der Waals surface area contributed by atoms with Gasteiger partial charge in [-0.15, -0.1) is 0 Å². The van der Waals surface area contributed by atoms with E-state index < -0.39 is 20.4 Å². The van der Waals surface area contributed by atoms with Crippen molar-refractivity contribution in [3.8, 4) is 5.75 Å². The van der Waals surface area contributed by atoms with Gasteiger partial charge in [0.2, 0.25) is 0 Å². The van der Waals surface area contributed by atoms with Gasteiger partial charge in [0.1, 0.15) is 5.75 Å². The minimum absolute atomic E-state index is 0.0235. The molecule has 0 amide bonds. The third-order valence-corrected chi connectivity index (χ3v) is 5.98. The lowest BCUT2D eigenvalue weighted by molar-refractivity contribution is 0.00271. The summed E-state index contributed by atoms with van der Waals surface area (Å²) in [6, 6.07) is 5.27. The van der Waals surface area contributed by atoms with E-state index in [1.807, 2.05) is 12.1 Å². The van der Waals surface area contributed by atoms with Gasteiger partial charge in [-0.25, -0.2) is 0 Å². The Kier molecular flexibility index (Phi) is 1.79. The highest BCUT2D eigenvalue weighted by Crippen LogP contribution is 2.55. The number of benzene rings is 1. The highest BCUT2D eigenvalue weighted by molar-refractivity contribution is 5.45. The smallest absolute Gasteiger partial charge is 0.119 e. The molecule has 2 nitrogen and oxygen atoms in total. The van der Waals surface area contributed by atoms with Crippen LogP contribution in [0.4, 0.5) is 0 Å². The van der Waals surface area contributed by atoms with E-state index in [0.717, 1.165) is 43.2 Å². The van der Waals surface area contributed by atoms with Crippen LogP contribution in [0.15, 0.2) is 18.2 Å². The van der Waals surface area contributed by atoms with Gasteiger partial charge in [0.05, 0.1) is 9.30 Å². The molecule has 1 saturated heterocycles. The quantitative estimate of drug-likeness (QED) is 0.823. The molecule has 3 aliphatic rings. The monoisotopic (exact) mass is 293 g/mol. The zero-order chi connectivity index (χ0) is 21.2. The van der Waals surface area contributed by atoms with Crippen molar-refractivity contribution < 1.29 is 15.7 Å². The summed E-state index contributed by atoms with van der Waals surface area (Å²) in [5.74, 6) is 0.466. The molecular weight excluding hydrogens is 258 g/mol. The summed E-state index contributed by atoms with van der Waals surface area (Å²) in [4.78, 5) is 1.70. The van der Waals surface area contributed by atoms with Crippen molar-refractivity contribution in [2.24, 2.45) is 5.92 Å². The zero-order valence-electron chi connectivity index (χ0n) is 20.2. The van der Waals surface area contributed by atoms with Gasteiger partial charge < -0.3 is 9.64 Å². The van der Waals surface area contributed by atoms with Crippen LogP contribution in [0, 0.1) is 5.92 Å². The topological polar surface area (TPSA) is 12.5 Å². The molecule has 1 aliphatic heterocycles. The summed E-state index contributed by atoms with van der Waals surface area (Å²) in [7, 11) is 0. The van der Waals surface area contributed by atoms with Crippen LogP contribution in [0.5, 0.6) is 5.75 Å². The third kappa shape index (κ3) is 1.95. The van der Waals surface area contributed by atoms with Gasteiger partial charge in [-0.1, -0.05) is 18.9 Å². The Labute approximate surface area is 139 Å². The molecular formula is C19H27NO. The molecule has 1 aromatic carbocycles. The normalized spacial score (nSPS) is 42.5. The van der Waals surface area contributed by atoms with E-state index >= 15 is 0 Å². The number of fused-ring (bicyclic) bond motifs is 1. The number of likely N-dealkylation sites (N-methyl/N-ethyl adjacent to an activating group) is 1. The Morgan fingerprint density at radius 1 is 1.43 bits per heavy atom. The fourth-order valence-electron chi connectivity index (χ4n) is 5.11. The summed E-state index contributed by atoms with van der Waals surface area (Å²) in [5, 5.41) is 0. The van der Waals surface area contributed by atoms with Gasteiger partial charge in [0.15, 0.2) is 0 Å². The number of nitrogens with zero attached hydrogens (tertiary/aromatic N) is 1.